The van der Waals surface area contributed by atoms with Crippen molar-refractivity contribution < 1.29 is 0 Å². The minimum Gasteiger partial charge on any atom is -0.0628 e. The molecule has 0 radical (unpaired) electrons. The van der Waals surface area contributed by atoms with E-state index >= 15 is 0 Å². The maximum absolute atomic E-state index is 2.77. The highest BCUT2D eigenvalue weighted by molar-refractivity contribution is 5.14. The van der Waals surface area contributed by atoms with Gasteiger partial charge in [0.25, 0.3) is 0 Å². The highest BCUT2D eigenvalue weighted by Crippen LogP contribution is 2.73. The molecule has 30 heavy (non-hydrogen) atoms. The fourth-order valence-corrected chi connectivity index (χ4v) is 10.4. The van der Waals surface area contributed by atoms with E-state index in [2.05, 4.69) is 55.4 Å². The Morgan fingerprint density at radius 3 is 2.30 bits per heavy atom. The lowest BCUT2D eigenvalue weighted by Crippen LogP contribution is -2.61. The van der Waals surface area contributed by atoms with E-state index in [0.717, 1.165) is 47.3 Å². The standard InChI is InChI=1S/C30H54/c1-20(2)11-9-10-12-24-13-14-25-27-22(4)19-28(6)18-21(3)15-16-29(28,7)26(27)17-23(5)30(24,25)8/h20-27H,9-19H2,1-8H3/t21-,22?,23+,24?,25?,26?,27?,28+,29+,30+/m0/s1. The molecule has 0 spiro atoms. The third-order valence-electron chi connectivity index (χ3n) is 12.3. The van der Waals surface area contributed by atoms with Crippen LogP contribution in [0.5, 0.6) is 0 Å². The van der Waals surface area contributed by atoms with Crippen LogP contribution < -0.4 is 0 Å². The molecule has 0 aromatic rings. The molecule has 0 aromatic carbocycles. The molecule has 0 aliphatic heterocycles. The normalized spacial score (nSPS) is 53.3. The highest BCUT2D eigenvalue weighted by Gasteiger charge is 2.66. The van der Waals surface area contributed by atoms with Crippen LogP contribution in [0.1, 0.15) is 126 Å². The molecule has 4 rings (SSSR count). The fraction of sp³-hybridized carbons (Fsp3) is 1.00. The Balaban J connectivity index is 1.56. The maximum Gasteiger partial charge on any atom is -0.0240 e. The van der Waals surface area contributed by atoms with Crippen LogP contribution in [0.2, 0.25) is 0 Å². The molecule has 0 nitrogen and oxygen atoms in total. The number of hydrogen-bond acceptors (Lipinski definition) is 0. The second kappa shape index (κ2) is 8.09. The van der Waals surface area contributed by atoms with Gasteiger partial charge in [-0.15, -0.1) is 0 Å². The predicted molar refractivity (Wildman–Crippen MR) is 131 cm³/mol. The van der Waals surface area contributed by atoms with Gasteiger partial charge < -0.3 is 0 Å². The maximum atomic E-state index is 2.77. The Kier molecular flexibility index (Phi) is 6.25. The lowest BCUT2D eigenvalue weighted by atomic mass is 9.37. The van der Waals surface area contributed by atoms with Crippen LogP contribution in [0.4, 0.5) is 0 Å². The van der Waals surface area contributed by atoms with Crippen molar-refractivity contribution in [1.82, 2.24) is 0 Å². The Morgan fingerprint density at radius 2 is 1.60 bits per heavy atom. The zero-order valence-electron chi connectivity index (χ0n) is 21.9. The van der Waals surface area contributed by atoms with Gasteiger partial charge in [-0.25, -0.2) is 0 Å². The summed E-state index contributed by atoms with van der Waals surface area (Å²) in [7, 11) is 0. The van der Waals surface area contributed by atoms with Crippen molar-refractivity contribution >= 4 is 0 Å². The third-order valence-corrected chi connectivity index (χ3v) is 12.3. The lowest BCUT2D eigenvalue weighted by Gasteiger charge is -2.68. The molecule has 174 valence electrons. The average Bonchev–Trinajstić information content (AvgIpc) is 2.99. The van der Waals surface area contributed by atoms with Crippen LogP contribution in [0, 0.1) is 63.6 Å². The molecule has 4 aliphatic rings. The van der Waals surface area contributed by atoms with E-state index in [-0.39, 0.29) is 0 Å². The van der Waals surface area contributed by atoms with Crippen LogP contribution in [-0.2, 0) is 0 Å². The summed E-state index contributed by atoms with van der Waals surface area (Å²) in [6.07, 6.45) is 16.5. The predicted octanol–water partition coefficient (Wildman–Crippen LogP) is 9.38. The first kappa shape index (κ1) is 23.2. The second-order valence-corrected chi connectivity index (χ2v) is 14.3. The summed E-state index contributed by atoms with van der Waals surface area (Å²) in [6.45, 7) is 20.9. The number of hydrogen-bond donors (Lipinski definition) is 0. The summed E-state index contributed by atoms with van der Waals surface area (Å²) in [5.74, 6) is 7.71. The van der Waals surface area contributed by atoms with Gasteiger partial charge in [-0.2, -0.15) is 0 Å². The van der Waals surface area contributed by atoms with Gasteiger partial charge in [0, 0.05) is 0 Å². The van der Waals surface area contributed by atoms with Crippen molar-refractivity contribution in [3.05, 3.63) is 0 Å². The SMILES string of the molecule is CC(C)CCCCC1CCC2C3C(C)C[C@@]4(C)C[C@@H](C)CC[C@]4(C)C3C[C@@H](C)[C@]12C. The Labute approximate surface area is 189 Å². The van der Waals surface area contributed by atoms with E-state index in [0.29, 0.717) is 16.2 Å². The first-order valence-electron chi connectivity index (χ1n) is 14.0. The minimum atomic E-state index is 0.591. The summed E-state index contributed by atoms with van der Waals surface area (Å²) in [6, 6.07) is 0. The Hall–Kier alpha value is 0. The van der Waals surface area contributed by atoms with Gasteiger partial charge >= 0.3 is 0 Å². The first-order valence-corrected chi connectivity index (χ1v) is 14.0. The summed E-state index contributed by atoms with van der Waals surface area (Å²) in [5, 5.41) is 0. The Bertz CT molecular complexity index is 605. The van der Waals surface area contributed by atoms with Crippen molar-refractivity contribution in [1.29, 1.82) is 0 Å². The molecule has 10 atom stereocenters. The minimum absolute atomic E-state index is 0.591. The summed E-state index contributed by atoms with van der Waals surface area (Å²) < 4.78 is 0. The van der Waals surface area contributed by atoms with Gasteiger partial charge in [0.15, 0.2) is 0 Å². The van der Waals surface area contributed by atoms with E-state index in [1.54, 1.807) is 6.42 Å². The van der Waals surface area contributed by atoms with Crippen LogP contribution >= 0.6 is 0 Å². The summed E-state index contributed by atoms with van der Waals surface area (Å²) in [5.41, 5.74) is 1.81. The molecule has 0 aromatic heterocycles. The molecule has 4 saturated carbocycles. The molecule has 4 fully saturated rings. The molecule has 5 unspecified atom stereocenters. The van der Waals surface area contributed by atoms with Gasteiger partial charge in [0.05, 0.1) is 0 Å². The summed E-state index contributed by atoms with van der Waals surface area (Å²) >= 11 is 0. The molecule has 0 N–H and O–H groups in total. The van der Waals surface area contributed by atoms with Crippen LogP contribution in [0.15, 0.2) is 0 Å². The fourth-order valence-electron chi connectivity index (χ4n) is 10.4. The van der Waals surface area contributed by atoms with Crippen molar-refractivity contribution in [3.8, 4) is 0 Å². The monoisotopic (exact) mass is 414 g/mol. The smallest absolute Gasteiger partial charge is 0.0240 e. The first-order chi connectivity index (χ1) is 14.0. The molecular weight excluding hydrogens is 360 g/mol. The number of unbranched alkanes of at least 4 members (excludes halogenated alkanes) is 1. The van der Waals surface area contributed by atoms with Gasteiger partial charge in [-0.3, -0.25) is 0 Å². The van der Waals surface area contributed by atoms with Crippen molar-refractivity contribution in [3.63, 3.8) is 0 Å². The van der Waals surface area contributed by atoms with Gasteiger partial charge in [-0.05, 0) is 109 Å². The molecule has 0 heterocycles. The molecule has 0 heteroatoms. The third kappa shape index (κ3) is 3.44. The van der Waals surface area contributed by atoms with E-state index < -0.39 is 0 Å². The van der Waals surface area contributed by atoms with E-state index in [4.69, 9.17) is 0 Å². The van der Waals surface area contributed by atoms with Crippen molar-refractivity contribution in [2.45, 2.75) is 126 Å². The largest absolute Gasteiger partial charge is 0.0628 e. The molecule has 0 saturated heterocycles. The zero-order valence-corrected chi connectivity index (χ0v) is 21.9. The molecule has 0 bridgehead atoms. The van der Waals surface area contributed by atoms with E-state index in [9.17, 15) is 0 Å². The molecular formula is C30H54. The second-order valence-electron chi connectivity index (χ2n) is 14.3. The highest BCUT2D eigenvalue weighted by atomic mass is 14.7. The molecule has 4 aliphatic carbocycles. The average molecular weight is 415 g/mol. The Morgan fingerprint density at radius 1 is 0.867 bits per heavy atom. The van der Waals surface area contributed by atoms with Crippen LogP contribution in [0.25, 0.3) is 0 Å². The van der Waals surface area contributed by atoms with Crippen LogP contribution in [-0.4, -0.2) is 0 Å². The van der Waals surface area contributed by atoms with Gasteiger partial charge in [0.1, 0.15) is 0 Å². The van der Waals surface area contributed by atoms with Crippen molar-refractivity contribution in [2.75, 3.05) is 0 Å². The van der Waals surface area contributed by atoms with Gasteiger partial charge in [-0.1, -0.05) is 81.1 Å². The lowest BCUT2D eigenvalue weighted by molar-refractivity contribution is -0.195. The number of rotatable bonds is 5. The topological polar surface area (TPSA) is 0 Å². The quantitative estimate of drug-likeness (QED) is 0.393. The van der Waals surface area contributed by atoms with E-state index in [1.165, 1.54) is 64.2 Å². The van der Waals surface area contributed by atoms with Gasteiger partial charge in [0.2, 0.25) is 0 Å². The zero-order chi connectivity index (χ0) is 21.9. The number of fused-ring (bicyclic) bond motifs is 5. The van der Waals surface area contributed by atoms with Crippen LogP contribution in [0.3, 0.4) is 0 Å². The van der Waals surface area contributed by atoms with Crippen molar-refractivity contribution in [2.24, 2.45) is 63.6 Å². The molecule has 0 amide bonds. The van der Waals surface area contributed by atoms with E-state index in [1.807, 2.05) is 0 Å². The summed E-state index contributed by atoms with van der Waals surface area (Å²) in [4.78, 5) is 0.